The van der Waals surface area contributed by atoms with Crippen LogP contribution in [0.2, 0.25) is 0 Å². The molecule has 346 valence electrons. The Morgan fingerprint density at radius 2 is 1.69 bits per heavy atom. The second kappa shape index (κ2) is 17.6. The Bertz CT molecular complexity index is 2940. The normalized spacial score (nSPS) is 20.8. The van der Waals surface area contributed by atoms with Gasteiger partial charge in [0.1, 0.15) is 23.8 Å². The third-order valence-electron chi connectivity index (χ3n) is 14.9. The first-order valence-electron chi connectivity index (χ1n) is 23.6. The van der Waals surface area contributed by atoms with Gasteiger partial charge in [0.05, 0.1) is 28.8 Å². The summed E-state index contributed by atoms with van der Waals surface area (Å²) in [7, 11) is -4.75. The maximum Gasteiger partial charge on any atom is 0.300 e. The van der Waals surface area contributed by atoms with E-state index in [1.807, 2.05) is 42.5 Å². The lowest BCUT2D eigenvalue weighted by molar-refractivity contribution is -0.384. The molecule has 0 bridgehead atoms. The summed E-state index contributed by atoms with van der Waals surface area (Å²) in [6.45, 7) is 2.96. The number of piperidine rings is 1. The van der Waals surface area contributed by atoms with E-state index in [-0.39, 0.29) is 35.5 Å². The molecule has 3 aromatic heterocycles. The van der Waals surface area contributed by atoms with Gasteiger partial charge >= 0.3 is 5.69 Å². The maximum atomic E-state index is 14.1. The number of ether oxygens (including phenoxy) is 2. The molecule has 67 heavy (non-hydrogen) atoms. The van der Waals surface area contributed by atoms with Crippen molar-refractivity contribution in [3.63, 3.8) is 0 Å². The van der Waals surface area contributed by atoms with Crippen molar-refractivity contribution in [3.05, 3.63) is 136 Å². The first-order valence-corrected chi connectivity index (χ1v) is 25.1. The molecule has 2 saturated carbocycles. The minimum Gasteiger partial charge on any atom is -0.474 e. The number of aromatic amines is 1. The van der Waals surface area contributed by atoms with Crippen molar-refractivity contribution in [2.24, 2.45) is 5.41 Å². The fourth-order valence-corrected chi connectivity index (χ4v) is 12.1. The molecule has 15 nitrogen and oxygen atoms in total. The van der Waals surface area contributed by atoms with Crippen molar-refractivity contribution in [2.75, 3.05) is 36.5 Å². The maximum absolute atomic E-state index is 14.1. The molecule has 6 aromatic rings. The van der Waals surface area contributed by atoms with Crippen LogP contribution in [0, 0.1) is 15.5 Å². The highest BCUT2D eigenvalue weighted by atomic mass is 32.2. The number of nitrogens with zero attached hydrogens (tertiary/aromatic N) is 5. The standard InChI is InChI=1S/C51H54N8O7S/c60-49(56-67(63,64)46-30-44(59(61)62)47-50(55-46)65-32-36(54-47)27-33-7-2-1-3-8-33)42-15-14-38(29-45(42)66-39-28-35-18-23-52-48(35)53-31-39)57-25-21-51(22-26-57)19-16-37(17-20-51)58-24-6-11-43(58)41-10-5-4-9-40(41)34-12-13-34/h1-5,7-10,14-15,18,23,28-31,34,36-37,43,54H,6,11-13,16-17,19-22,24-27,32H2,(H,52,53)(H,56,60)/t36-,43-/m0/s1. The molecule has 0 radical (unpaired) electrons. The van der Waals surface area contributed by atoms with Crippen LogP contribution in [0.25, 0.3) is 11.0 Å². The second-order valence-corrected chi connectivity index (χ2v) is 20.7. The lowest BCUT2D eigenvalue weighted by atomic mass is 9.66. The first kappa shape index (κ1) is 43.1. The highest BCUT2D eigenvalue weighted by molar-refractivity contribution is 7.90. The van der Waals surface area contributed by atoms with Crippen LogP contribution in [-0.2, 0) is 16.4 Å². The zero-order valence-electron chi connectivity index (χ0n) is 37.2. The zero-order chi connectivity index (χ0) is 45.7. The SMILES string of the molecule is O=C(NS(=O)(=O)c1cc([N+](=O)[O-])c2c(n1)OC[C@H](Cc1ccccc1)N2)c1ccc(N2CCC3(CCC(N4CCC[C@H]4c4ccccc4C4CC4)CC3)CC2)cc1Oc1cnc2[nH]ccc2c1. The summed E-state index contributed by atoms with van der Waals surface area (Å²) < 4.78 is 42.1. The molecular weight excluding hydrogens is 869 g/mol. The first-order chi connectivity index (χ1) is 32.6. The van der Waals surface area contributed by atoms with Gasteiger partial charge in [0.2, 0.25) is 5.88 Å². The lowest BCUT2D eigenvalue weighted by Gasteiger charge is -2.48. The monoisotopic (exact) mass is 922 g/mol. The predicted molar refractivity (Wildman–Crippen MR) is 254 cm³/mol. The van der Waals surface area contributed by atoms with Crippen LogP contribution in [0.15, 0.2) is 108 Å². The minimum absolute atomic E-state index is 0.0286. The zero-order valence-corrected chi connectivity index (χ0v) is 38.0. The fraction of sp³-hybridized carbons (Fsp3) is 0.392. The second-order valence-electron chi connectivity index (χ2n) is 19.1. The number of fused-ring (bicyclic) bond motifs is 2. The van der Waals surface area contributed by atoms with E-state index in [9.17, 15) is 23.3 Å². The molecular formula is C51H54N8O7S. The number of likely N-dealkylation sites (tertiary alicyclic amines) is 1. The summed E-state index contributed by atoms with van der Waals surface area (Å²) in [5.74, 6) is 0.00368. The molecule has 1 amide bonds. The van der Waals surface area contributed by atoms with Crippen LogP contribution in [0.3, 0.4) is 0 Å². The number of carbonyl (C=O) groups is 1. The van der Waals surface area contributed by atoms with Gasteiger partial charge in [0, 0.05) is 48.5 Å². The Kier molecular flexibility index (Phi) is 11.3. The number of anilines is 2. The van der Waals surface area contributed by atoms with E-state index in [1.54, 1.807) is 35.5 Å². The summed E-state index contributed by atoms with van der Waals surface area (Å²) >= 11 is 0. The Labute approximate surface area is 389 Å². The largest absolute Gasteiger partial charge is 0.474 e. The number of pyridine rings is 2. The van der Waals surface area contributed by atoms with Crippen LogP contribution >= 0.6 is 0 Å². The predicted octanol–water partition coefficient (Wildman–Crippen LogP) is 9.44. The average molecular weight is 923 g/mol. The number of amides is 1. The average Bonchev–Trinajstić information content (AvgIpc) is 3.88. The lowest BCUT2D eigenvalue weighted by Crippen LogP contribution is -2.45. The van der Waals surface area contributed by atoms with E-state index < -0.39 is 31.6 Å². The van der Waals surface area contributed by atoms with Crippen LogP contribution in [-0.4, -0.2) is 77.4 Å². The van der Waals surface area contributed by atoms with Crippen molar-refractivity contribution in [1.29, 1.82) is 0 Å². The number of sulfonamides is 1. The quantitative estimate of drug-likeness (QED) is 0.0782. The molecule has 3 aliphatic heterocycles. The van der Waals surface area contributed by atoms with Crippen LogP contribution in [0.1, 0.15) is 103 Å². The number of rotatable bonds is 12. The van der Waals surface area contributed by atoms with Gasteiger partial charge in [-0.3, -0.25) is 19.8 Å². The Hall–Kier alpha value is -6.52. The number of carbonyl (C=O) groups excluding carboxylic acids is 1. The van der Waals surface area contributed by atoms with E-state index in [0.717, 1.165) is 54.6 Å². The summed E-state index contributed by atoms with van der Waals surface area (Å²) in [5.41, 5.74) is 5.34. The molecule has 3 N–H and O–H groups in total. The van der Waals surface area contributed by atoms with Gasteiger partial charge in [0.25, 0.3) is 15.9 Å². The highest BCUT2D eigenvalue weighted by Crippen LogP contribution is 2.51. The molecule has 3 aromatic carbocycles. The molecule has 0 unspecified atom stereocenters. The molecule has 6 heterocycles. The summed E-state index contributed by atoms with van der Waals surface area (Å²) in [4.78, 5) is 42.5. The van der Waals surface area contributed by atoms with E-state index in [2.05, 4.69) is 59.1 Å². The number of hydrogen-bond donors (Lipinski definition) is 3. The summed E-state index contributed by atoms with van der Waals surface area (Å²) in [6.07, 6.45) is 16.0. The molecule has 11 rings (SSSR count). The van der Waals surface area contributed by atoms with Gasteiger partial charge in [-0.25, -0.2) is 9.71 Å². The van der Waals surface area contributed by atoms with Gasteiger partial charge < -0.3 is 24.7 Å². The molecule has 2 aliphatic carbocycles. The van der Waals surface area contributed by atoms with E-state index in [1.165, 1.54) is 64.1 Å². The molecule has 5 aliphatic rings. The van der Waals surface area contributed by atoms with Gasteiger partial charge in [-0.15, -0.1) is 0 Å². The number of hydrogen-bond acceptors (Lipinski definition) is 12. The highest BCUT2D eigenvalue weighted by Gasteiger charge is 2.43. The number of aromatic nitrogens is 3. The van der Waals surface area contributed by atoms with Crippen molar-refractivity contribution in [3.8, 4) is 17.4 Å². The summed E-state index contributed by atoms with van der Waals surface area (Å²) in [6, 6.07) is 29.2. The van der Waals surface area contributed by atoms with E-state index in [4.69, 9.17) is 9.47 Å². The van der Waals surface area contributed by atoms with Gasteiger partial charge in [0.15, 0.2) is 10.7 Å². The number of H-pyrrole nitrogens is 1. The van der Waals surface area contributed by atoms with Crippen molar-refractivity contribution < 1.29 is 27.6 Å². The van der Waals surface area contributed by atoms with Crippen molar-refractivity contribution in [2.45, 2.75) is 99.7 Å². The fourth-order valence-electron chi connectivity index (χ4n) is 11.2. The Morgan fingerprint density at radius 1 is 0.910 bits per heavy atom. The van der Waals surface area contributed by atoms with E-state index >= 15 is 0 Å². The van der Waals surface area contributed by atoms with Crippen molar-refractivity contribution in [1.82, 2.24) is 24.6 Å². The minimum atomic E-state index is -4.75. The molecule has 1 spiro atoms. The van der Waals surface area contributed by atoms with Crippen LogP contribution in [0.5, 0.6) is 17.4 Å². The van der Waals surface area contributed by atoms with Crippen LogP contribution in [0.4, 0.5) is 17.1 Å². The van der Waals surface area contributed by atoms with Gasteiger partial charge in [-0.1, -0.05) is 54.6 Å². The molecule has 16 heteroatoms. The molecule has 4 fully saturated rings. The summed E-state index contributed by atoms with van der Waals surface area (Å²) in [5, 5.41) is 15.5. The molecule has 2 saturated heterocycles. The van der Waals surface area contributed by atoms with Gasteiger partial charge in [-0.05, 0) is 129 Å². The topological polar surface area (TPSA) is 185 Å². The molecule has 2 atom stereocenters. The van der Waals surface area contributed by atoms with E-state index in [0.29, 0.717) is 35.3 Å². The number of nitro groups is 1. The van der Waals surface area contributed by atoms with Gasteiger partial charge in [-0.2, -0.15) is 13.4 Å². The number of nitrogens with one attached hydrogen (secondary N) is 3. The third kappa shape index (κ3) is 8.80. The Balaban J connectivity index is 0.795. The van der Waals surface area contributed by atoms with Crippen LogP contribution < -0.4 is 24.4 Å². The van der Waals surface area contributed by atoms with Crippen molar-refractivity contribution >= 4 is 44.0 Å². The smallest absolute Gasteiger partial charge is 0.300 e. The Morgan fingerprint density at radius 3 is 2.46 bits per heavy atom. The third-order valence-corrected chi connectivity index (χ3v) is 16.1. The number of benzene rings is 3.